The first-order chi connectivity index (χ1) is 8.00. The molecular weight excluding hydrogens is 348 g/mol. The number of benzene rings is 1. The number of carbonyl (C=O) groups excluding carboxylic acids is 1. The molecule has 0 aliphatic rings. The van der Waals surface area contributed by atoms with Gasteiger partial charge >= 0.3 is 0 Å². The van der Waals surface area contributed by atoms with Crippen molar-refractivity contribution in [3.63, 3.8) is 0 Å². The zero-order valence-electron chi connectivity index (χ0n) is 9.38. The van der Waals surface area contributed by atoms with Gasteiger partial charge in [-0.05, 0) is 43.2 Å². The Balaban J connectivity index is 2.52. The van der Waals surface area contributed by atoms with E-state index in [1.807, 2.05) is 26.0 Å². The minimum atomic E-state index is -0.111. The first kappa shape index (κ1) is 12.6. The van der Waals surface area contributed by atoms with Crippen molar-refractivity contribution in [3.05, 3.63) is 55.9 Å². The van der Waals surface area contributed by atoms with Gasteiger partial charge in [0.05, 0.1) is 6.26 Å². The molecule has 4 heteroatoms. The molecule has 1 aromatic heterocycles. The van der Waals surface area contributed by atoms with Gasteiger partial charge in [0, 0.05) is 14.5 Å². The maximum Gasteiger partial charge on any atom is 0.229 e. The Morgan fingerprint density at radius 3 is 2.41 bits per heavy atom. The van der Waals surface area contributed by atoms with Crippen molar-refractivity contribution >= 4 is 37.6 Å². The molecule has 0 aliphatic carbocycles. The van der Waals surface area contributed by atoms with Gasteiger partial charge < -0.3 is 4.42 Å². The number of halogens is 2. The van der Waals surface area contributed by atoms with Crippen molar-refractivity contribution in [2.75, 3.05) is 0 Å². The highest BCUT2D eigenvalue weighted by Crippen LogP contribution is 2.28. The fourth-order valence-electron chi connectivity index (χ4n) is 1.55. The lowest BCUT2D eigenvalue weighted by atomic mass is 10.1. The zero-order valence-corrected chi connectivity index (χ0v) is 12.6. The van der Waals surface area contributed by atoms with Crippen LogP contribution in [0.25, 0.3) is 0 Å². The minimum Gasteiger partial charge on any atom is -0.461 e. The standard InChI is InChI=1S/C13H10Br2O2/c1-7-3-4-17-13(7)12(16)9-6-10(14)8(2)5-11(9)15/h3-6H,1-2H3. The average Bonchev–Trinajstić information content (AvgIpc) is 2.69. The van der Waals surface area contributed by atoms with E-state index in [9.17, 15) is 4.79 Å². The van der Waals surface area contributed by atoms with Crippen LogP contribution in [0.3, 0.4) is 0 Å². The number of ketones is 1. The number of hydrogen-bond acceptors (Lipinski definition) is 2. The van der Waals surface area contributed by atoms with Crippen LogP contribution in [0.15, 0.2) is 37.8 Å². The van der Waals surface area contributed by atoms with Gasteiger partial charge in [0.2, 0.25) is 5.78 Å². The summed E-state index contributed by atoms with van der Waals surface area (Å²) in [5, 5.41) is 0. The van der Waals surface area contributed by atoms with E-state index in [4.69, 9.17) is 4.42 Å². The van der Waals surface area contributed by atoms with Crippen molar-refractivity contribution in [2.45, 2.75) is 13.8 Å². The molecule has 0 N–H and O–H groups in total. The predicted octanol–water partition coefficient (Wildman–Crippen LogP) is 4.65. The molecule has 0 saturated carbocycles. The SMILES string of the molecule is Cc1cc(Br)c(C(=O)c2occc2C)cc1Br. The number of rotatable bonds is 2. The lowest BCUT2D eigenvalue weighted by Crippen LogP contribution is -2.03. The summed E-state index contributed by atoms with van der Waals surface area (Å²) in [6, 6.07) is 5.50. The molecule has 0 radical (unpaired) electrons. The molecular formula is C13H10Br2O2. The molecule has 1 heterocycles. The largest absolute Gasteiger partial charge is 0.461 e. The third kappa shape index (κ3) is 2.38. The molecule has 0 bridgehead atoms. The van der Waals surface area contributed by atoms with Crippen LogP contribution < -0.4 is 0 Å². The predicted molar refractivity (Wildman–Crippen MR) is 73.5 cm³/mol. The Kier molecular flexibility index (Phi) is 3.54. The van der Waals surface area contributed by atoms with Gasteiger partial charge in [-0.25, -0.2) is 0 Å². The van der Waals surface area contributed by atoms with Crippen LogP contribution in [0.5, 0.6) is 0 Å². The normalized spacial score (nSPS) is 10.6. The fraction of sp³-hybridized carbons (Fsp3) is 0.154. The van der Waals surface area contributed by atoms with E-state index in [0.29, 0.717) is 11.3 Å². The van der Waals surface area contributed by atoms with Gasteiger partial charge in [-0.3, -0.25) is 4.79 Å². The van der Waals surface area contributed by atoms with Crippen LogP contribution in [0.4, 0.5) is 0 Å². The first-order valence-corrected chi connectivity index (χ1v) is 6.63. The molecule has 17 heavy (non-hydrogen) atoms. The minimum absolute atomic E-state index is 0.111. The summed E-state index contributed by atoms with van der Waals surface area (Å²) in [6.07, 6.45) is 1.53. The van der Waals surface area contributed by atoms with Gasteiger partial charge in [-0.2, -0.15) is 0 Å². The smallest absolute Gasteiger partial charge is 0.229 e. The third-order valence-electron chi connectivity index (χ3n) is 2.56. The summed E-state index contributed by atoms with van der Waals surface area (Å²) in [5.41, 5.74) is 2.52. The second-order valence-electron chi connectivity index (χ2n) is 3.84. The molecule has 0 atom stereocenters. The number of hydrogen-bond donors (Lipinski definition) is 0. The van der Waals surface area contributed by atoms with Crippen molar-refractivity contribution in [2.24, 2.45) is 0 Å². The van der Waals surface area contributed by atoms with E-state index in [1.54, 1.807) is 6.07 Å². The van der Waals surface area contributed by atoms with Gasteiger partial charge in [0.25, 0.3) is 0 Å². The quantitative estimate of drug-likeness (QED) is 0.732. The summed E-state index contributed by atoms with van der Waals surface area (Å²) in [6.45, 7) is 3.83. The van der Waals surface area contributed by atoms with Crippen LogP contribution in [0, 0.1) is 13.8 Å². The molecule has 0 saturated heterocycles. The van der Waals surface area contributed by atoms with E-state index < -0.39 is 0 Å². The van der Waals surface area contributed by atoms with E-state index in [0.717, 1.165) is 20.1 Å². The molecule has 2 aromatic rings. The molecule has 1 aromatic carbocycles. The fourth-order valence-corrected chi connectivity index (χ4v) is 2.53. The molecule has 88 valence electrons. The molecule has 0 amide bonds. The lowest BCUT2D eigenvalue weighted by molar-refractivity contribution is 0.101. The Morgan fingerprint density at radius 2 is 1.82 bits per heavy atom. The van der Waals surface area contributed by atoms with Gasteiger partial charge in [0.1, 0.15) is 0 Å². The lowest BCUT2D eigenvalue weighted by Gasteiger charge is -2.06. The van der Waals surface area contributed by atoms with E-state index in [1.165, 1.54) is 6.26 Å². The van der Waals surface area contributed by atoms with E-state index in [2.05, 4.69) is 31.9 Å². The van der Waals surface area contributed by atoms with Crippen molar-refractivity contribution < 1.29 is 9.21 Å². The zero-order chi connectivity index (χ0) is 12.6. The van der Waals surface area contributed by atoms with Crippen LogP contribution in [-0.4, -0.2) is 5.78 Å². The maximum absolute atomic E-state index is 12.3. The second-order valence-corrected chi connectivity index (χ2v) is 5.55. The van der Waals surface area contributed by atoms with Crippen molar-refractivity contribution in [1.29, 1.82) is 0 Å². The summed E-state index contributed by atoms with van der Waals surface area (Å²) in [5.74, 6) is 0.279. The Labute approximate surface area is 116 Å². The number of furan rings is 1. The van der Waals surface area contributed by atoms with Crippen LogP contribution >= 0.6 is 31.9 Å². The summed E-state index contributed by atoms with van der Waals surface area (Å²) < 4.78 is 6.91. The Hall–Kier alpha value is -0.870. The monoisotopic (exact) mass is 356 g/mol. The van der Waals surface area contributed by atoms with Crippen LogP contribution in [0.2, 0.25) is 0 Å². The summed E-state index contributed by atoms with van der Waals surface area (Å²) >= 11 is 6.84. The van der Waals surface area contributed by atoms with Gasteiger partial charge in [0.15, 0.2) is 5.76 Å². The van der Waals surface area contributed by atoms with Gasteiger partial charge in [-0.15, -0.1) is 0 Å². The molecule has 0 unspecified atom stereocenters. The van der Waals surface area contributed by atoms with Crippen molar-refractivity contribution in [3.8, 4) is 0 Å². The summed E-state index contributed by atoms with van der Waals surface area (Å²) in [7, 11) is 0. The second kappa shape index (κ2) is 4.78. The third-order valence-corrected chi connectivity index (χ3v) is 4.07. The van der Waals surface area contributed by atoms with E-state index >= 15 is 0 Å². The van der Waals surface area contributed by atoms with Crippen molar-refractivity contribution in [1.82, 2.24) is 0 Å². The molecule has 0 fully saturated rings. The topological polar surface area (TPSA) is 30.2 Å². The van der Waals surface area contributed by atoms with Crippen LogP contribution in [0.1, 0.15) is 27.2 Å². The Bertz CT molecular complexity index is 585. The number of carbonyl (C=O) groups is 1. The highest BCUT2D eigenvalue weighted by molar-refractivity contribution is 9.11. The highest BCUT2D eigenvalue weighted by atomic mass is 79.9. The summed E-state index contributed by atoms with van der Waals surface area (Å²) in [4.78, 5) is 12.3. The van der Waals surface area contributed by atoms with Gasteiger partial charge in [-0.1, -0.05) is 31.9 Å². The maximum atomic E-state index is 12.3. The average molecular weight is 358 g/mol. The Morgan fingerprint density at radius 1 is 1.12 bits per heavy atom. The highest BCUT2D eigenvalue weighted by Gasteiger charge is 2.18. The molecule has 2 rings (SSSR count). The molecule has 0 aliphatic heterocycles. The first-order valence-electron chi connectivity index (χ1n) is 5.05. The number of aryl methyl sites for hydroxylation is 2. The molecule has 0 spiro atoms. The van der Waals surface area contributed by atoms with E-state index in [-0.39, 0.29) is 5.78 Å². The molecule has 2 nitrogen and oxygen atoms in total. The van der Waals surface area contributed by atoms with Crippen LogP contribution in [-0.2, 0) is 0 Å².